The molecule has 0 unspecified atom stereocenters. The number of ether oxygens (including phenoxy) is 1. The van der Waals surface area contributed by atoms with Gasteiger partial charge in [-0.15, -0.1) is 0 Å². The minimum atomic E-state index is -0.811. The highest BCUT2D eigenvalue weighted by molar-refractivity contribution is 5.96. The molecule has 4 aromatic rings. The van der Waals surface area contributed by atoms with Gasteiger partial charge in [-0.3, -0.25) is 14.8 Å². The van der Waals surface area contributed by atoms with E-state index in [9.17, 15) is 13.6 Å². The molecule has 0 spiro atoms. The second kappa shape index (κ2) is 8.47. The smallest absolute Gasteiger partial charge is 0.251 e. The number of carbonyl (C=O) groups excluding carboxylic acids is 1. The highest BCUT2D eigenvalue weighted by Crippen LogP contribution is 2.32. The maximum absolute atomic E-state index is 13.8. The van der Waals surface area contributed by atoms with Crippen LogP contribution in [0.5, 0.6) is 11.5 Å². The first-order chi connectivity index (χ1) is 14.9. The van der Waals surface area contributed by atoms with E-state index in [0.29, 0.717) is 22.6 Å². The van der Waals surface area contributed by atoms with Crippen molar-refractivity contribution < 1.29 is 18.3 Å². The fourth-order valence-electron chi connectivity index (χ4n) is 3.28. The van der Waals surface area contributed by atoms with Crippen LogP contribution in [0.15, 0.2) is 61.1 Å². The average molecular weight is 419 g/mol. The molecule has 4 rings (SSSR count). The molecule has 156 valence electrons. The van der Waals surface area contributed by atoms with E-state index in [2.05, 4.69) is 15.3 Å². The number of benzene rings is 2. The summed E-state index contributed by atoms with van der Waals surface area (Å²) in [6.45, 7) is 3.45. The van der Waals surface area contributed by atoms with Crippen LogP contribution in [0.4, 0.5) is 8.78 Å². The molecule has 0 aliphatic carbocycles. The molecule has 5 nitrogen and oxygen atoms in total. The van der Waals surface area contributed by atoms with Crippen LogP contribution in [0.25, 0.3) is 10.9 Å². The summed E-state index contributed by atoms with van der Waals surface area (Å²) in [5, 5.41) is 3.41. The zero-order valence-corrected chi connectivity index (χ0v) is 16.9. The van der Waals surface area contributed by atoms with E-state index in [0.717, 1.165) is 28.9 Å². The maximum atomic E-state index is 13.8. The molecular weight excluding hydrogens is 400 g/mol. The Morgan fingerprint density at radius 3 is 2.58 bits per heavy atom. The number of pyridine rings is 2. The van der Waals surface area contributed by atoms with Gasteiger partial charge >= 0.3 is 0 Å². The van der Waals surface area contributed by atoms with Gasteiger partial charge in [-0.25, -0.2) is 8.78 Å². The highest BCUT2D eigenvalue weighted by atomic mass is 19.1. The SMILES string of the molecule is Cc1ccc2c(Oc3cccc(C(=O)NCc4c(F)cncc4F)c3C)ccnc2c1. The second-order valence-corrected chi connectivity index (χ2v) is 7.12. The lowest BCUT2D eigenvalue weighted by Crippen LogP contribution is -2.25. The fourth-order valence-corrected chi connectivity index (χ4v) is 3.28. The van der Waals surface area contributed by atoms with Crippen LogP contribution in [0, 0.1) is 25.5 Å². The number of amides is 1. The Bertz CT molecular complexity index is 1270. The number of nitrogens with one attached hydrogen (secondary N) is 1. The third kappa shape index (κ3) is 4.21. The molecular formula is C24H19F2N3O2. The Hall–Kier alpha value is -3.87. The Labute approximate surface area is 177 Å². The minimum Gasteiger partial charge on any atom is -0.456 e. The van der Waals surface area contributed by atoms with Gasteiger partial charge in [-0.2, -0.15) is 0 Å². The molecule has 2 aromatic carbocycles. The molecule has 0 fully saturated rings. The van der Waals surface area contributed by atoms with Crippen molar-refractivity contribution in [2.75, 3.05) is 0 Å². The van der Waals surface area contributed by atoms with E-state index in [1.54, 1.807) is 37.4 Å². The van der Waals surface area contributed by atoms with Crippen molar-refractivity contribution in [1.29, 1.82) is 0 Å². The van der Waals surface area contributed by atoms with Crippen LogP contribution in [-0.2, 0) is 6.54 Å². The summed E-state index contributed by atoms with van der Waals surface area (Å²) in [7, 11) is 0. The first kappa shape index (κ1) is 20.4. The molecule has 1 amide bonds. The van der Waals surface area contributed by atoms with Crippen molar-refractivity contribution in [2.45, 2.75) is 20.4 Å². The number of hydrogen-bond donors (Lipinski definition) is 1. The molecule has 0 atom stereocenters. The van der Waals surface area contributed by atoms with Gasteiger partial charge < -0.3 is 10.1 Å². The molecule has 31 heavy (non-hydrogen) atoms. The molecule has 1 N–H and O–H groups in total. The van der Waals surface area contributed by atoms with Gasteiger partial charge in [0, 0.05) is 34.8 Å². The molecule has 0 aliphatic heterocycles. The summed E-state index contributed by atoms with van der Waals surface area (Å²) in [4.78, 5) is 20.5. The van der Waals surface area contributed by atoms with Crippen molar-refractivity contribution in [1.82, 2.24) is 15.3 Å². The van der Waals surface area contributed by atoms with Crippen molar-refractivity contribution in [3.63, 3.8) is 0 Å². The number of aromatic nitrogens is 2. The van der Waals surface area contributed by atoms with Crippen LogP contribution in [0.2, 0.25) is 0 Å². The van der Waals surface area contributed by atoms with Gasteiger partial charge in [0.05, 0.1) is 17.9 Å². The van der Waals surface area contributed by atoms with E-state index < -0.39 is 17.5 Å². The zero-order valence-electron chi connectivity index (χ0n) is 16.9. The zero-order chi connectivity index (χ0) is 22.0. The number of rotatable bonds is 5. The molecule has 2 heterocycles. The third-order valence-corrected chi connectivity index (χ3v) is 4.98. The van der Waals surface area contributed by atoms with E-state index in [4.69, 9.17) is 4.74 Å². The molecule has 2 aromatic heterocycles. The summed E-state index contributed by atoms with van der Waals surface area (Å²) in [5.74, 6) is -0.967. The lowest BCUT2D eigenvalue weighted by Gasteiger charge is -2.14. The molecule has 7 heteroatoms. The Morgan fingerprint density at radius 1 is 1.03 bits per heavy atom. The Balaban J connectivity index is 1.58. The first-order valence-corrected chi connectivity index (χ1v) is 9.63. The van der Waals surface area contributed by atoms with Gasteiger partial charge in [0.25, 0.3) is 5.91 Å². The summed E-state index contributed by atoms with van der Waals surface area (Å²) < 4.78 is 33.6. The van der Waals surface area contributed by atoms with Crippen LogP contribution in [-0.4, -0.2) is 15.9 Å². The van der Waals surface area contributed by atoms with Gasteiger partial charge in [-0.1, -0.05) is 12.1 Å². The largest absolute Gasteiger partial charge is 0.456 e. The number of aryl methyl sites for hydroxylation is 1. The van der Waals surface area contributed by atoms with Gasteiger partial charge in [0.2, 0.25) is 0 Å². The maximum Gasteiger partial charge on any atom is 0.251 e. The van der Waals surface area contributed by atoms with E-state index in [-0.39, 0.29) is 12.1 Å². The predicted molar refractivity (Wildman–Crippen MR) is 113 cm³/mol. The van der Waals surface area contributed by atoms with Crippen molar-refractivity contribution in [3.05, 3.63) is 94.9 Å². The summed E-state index contributed by atoms with van der Waals surface area (Å²) in [6.07, 6.45) is 3.48. The quantitative estimate of drug-likeness (QED) is 0.480. The summed E-state index contributed by atoms with van der Waals surface area (Å²) in [6, 6.07) is 12.7. The van der Waals surface area contributed by atoms with Crippen molar-refractivity contribution in [3.8, 4) is 11.5 Å². The van der Waals surface area contributed by atoms with Gasteiger partial charge in [0.15, 0.2) is 0 Å². The molecule has 0 bridgehead atoms. The molecule has 0 saturated carbocycles. The first-order valence-electron chi connectivity index (χ1n) is 9.63. The predicted octanol–water partition coefficient (Wildman–Crippen LogP) is 5.25. The van der Waals surface area contributed by atoms with Gasteiger partial charge in [-0.05, 0) is 49.7 Å². The number of nitrogens with zero attached hydrogens (tertiary/aromatic N) is 2. The third-order valence-electron chi connectivity index (χ3n) is 4.98. The fraction of sp³-hybridized carbons (Fsp3) is 0.125. The topological polar surface area (TPSA) is 64.1 Å². The van der Waals surface area contributed by atoms with E-state index >= 15 is 0 Å². The molecule has 0 saturated heterocycles. The second-order valence-electron chi connectivity index (χ2n) is 7.12. The van der Waals surface area contributed by atoms with Crippen LogP contribution < -0.4 is 10.1 Å². The Morgan fingerprint density at radius 2 is 1.81 bits per heavy atom. The number of hydrogen-bond acceptors (Lipinski definition) is 4. The van der Waals surface area contributed by atoms with E-state index in [1.807, 2.05) is 25.1 Å². The van der Waals surface area contributed by atoms with Crippen LogP contribution in [0.1, 0.15) is 27.0 Å². The van der Waals surface area contributed by atoms with E-state index in [1.165, 1.54) is 0 Å². The standard InChI is InChI=1S/C24H19F2N3O2/c1-14-6-7-17-21(10-14)28-9-8-23(17)31-22-5-3-4-16(15(22)2)24(30)29-11-18-19(25)12-27-13-20(18)26/h3-10,12-13H,11H2,1-2H3,(H,29,30). The number of fused-ring (bicyclic) bond motifs is 1. The normalized spacial score (nSPS) is 10.8. The van der Waals surface area contributed by atoms with Crippen molar-refractivity contribution >= 4 is 16.8 Å². The molecule has 0 radical (unpaired) electrons. The summed E-state index contributed by atoms with van der Waals surface area (Å²) >= 11 is 0. The number of carbonyl (C=O) groups is 1. The van der Waals surface area contributed by atoms with Crippen LogP contribution in [0.3, 0.4) is 0 Å². The monoisotopic (exact) mass is 419 g/mol. The molecule has 0 aliphatic rings. The Kier molecular flexibility index (Phi) is 5.58. The average Bonchev–Trinajstić information content (AvgIpc) is 2.74. The minimum absolute atomic E-state index is 0.244. The lowest BCUT2D eigenvalue weighted by molar-refractivity contribution is 0.0949. The number of halogens is 2. The lowest BCUT2D eigenvalue weighted by atomic mass is 10.1. The van der Waals surface area contributed by atoms with Crippen LogP contribution >= 0.6 is 0 Å². The van der Waals surface area contributed by atoms with Gasteiger partial charge in [0.1, 0.15) is 23.1 Å². The summed E-state index contributed by atoms with van der Waals surface area (Å²) in [5.41, 5.74) is 2.61. The highest BCUT2D eigenvalue weighted by Gasteiger charge is 2.16. The van der Waals surface area contributed by atoms with Crippen molar-refractivity contribution in [2.24, 2.45) is 0 Å².